The van der Waals surface area contributed by atoms with Gasteiger partial charge in [0, 0.05) is 11.6 Å². The van der Waals surface area contributed by atoms with Crippen molar-refractivity contribution in [1.29, 1.82) is 0 Å². The molecule has 3 N–H and O–H groups in total. The van der Waals surface area contributed by atoms with E-state index in [1.165, 1.54) is 11.0 Å². The standard InChI is InChI=1S/C16H20N4O3/c1-19(2)15(12-6-4-7-13(10-12)23-3)11-18-16-14(20(21)22)8-5-9-17-16/h4-10,15H,11H2,1-3H3,(H,17,18)/p+2/t15-/m1/s1. The van der Waals surface area contributed by atoms with Crippen LogP contribution in [0.2, 0.25) is 0 Å². The van der Waals surface area contributed by atoms with Gasteiger partial charge in [0.1, 0.15) is 12.3 Å². The van der Waals surface area contributed by atoms with Crippen LogP contribution in [-0.4, -0.2) is 32.7 Å². The maximum absolute atomic E-state index is 11.1. The number of pyridine rings is 1. The molecule has 1 atom stereocenters. The highest BCUT2D eigenvalue weighted by Gasteiger charge is 2.25. The van der Waals surface area contributed by atoms with Crippen molar-refractivity contribution in [2.45, 2.75) is 6.04 Å². The van der Waals surface area contributed by atoms with Gasteiger partial charge in [0.15, 0.2) is 6.04 Å². The van der Waals surface area contributed by atoms with Gasteiger partial charge in [-0.05, 0) is 18.2 Å². The van der Waals surface area contributed by atoms with Crippen LogP contribution in [0.15, 0.2) is 42.6 Å². The number of anilines is 1. The number of methoxy groups -OCH3 is 1. The minimum absolute atomic E-state index is 0.0330. The Morgan fingerprint density at radius 1 is 1.35 bits per heavy atom. The van der Waals surface area contributed by atoms with Crippen LogP contribution in [0.25, 0.3) is 0 Å². The smallest absolute Gasteiger partial charge is 0.357 e. The summed E-state index contributed by atoms with van der Waals surface area (Å²) in [4.78, 5) is 14.8. The molecule has 0 saturated carbocycles. The van der Waals surface area contributed by atoms with E-state index in [2.05, 4.69) is 24.4 Å². The van der Waals surface area contributed by atoms with Crippen molar-refractivity contribution < 1.29 is 19.5 Å². The van der Waals surface area contributed by atoms with Crippen molar-refractivity contribution in [3.8, 4) is 5.75 Å². The summed E-state index contributed by atoms with van der Waals surface area (Å²) >= 11 is 0. The highest BCUT2D eigenvalue weighted by Crippen LogP contribution is 2.20. The van der Waals surface area contributed by atoms with Gasteiger partial charge in [-0.25, -0.2) is 4.98 Å². The molecule has 0 radical (unpaired) electrons. The number of aromatic amines is 1. The van der Waals surface area contributed by atoms with Gasteiger partial charge >= 0.3 is 11.5 Å². The second-order valence-electron chi connectivity index (χ2n) is 5.47. The Kier molecular flexibility index (Phi) is 5.48. The number of aromatic nitrogens is 1. The number of nitrogens with one attached hydrogen (secondary N) is 3. The zero-order chi connectivity index (χ0) is 16.8. The van der Waals surface area contributed by atoms with Crippen LogP contribution in [0, 0.1) is 10.1 Å². The summed E-state index contributed by atoms with van der Waals surface area (Å²) in [6.07, 6.45) is 1.67. The van der Waals surface area contributed by atoms with Gasteiger partial charge in [0.25, 0.3) is 0 Å². The molecule has 23 heavy (non-hydrogen) atoms. The topological polar surface area (TPSA) is 83.0 Å². The Morgan fingerprint density at radius 2 is 2.13 bits per heavy atom. The van der Waals surface area contributed by atoms with E-state index in [4.69, 9.17) is 4.74 Å². The van der Waals surface area contributed by atoms with E-state index >= 15 is 0 Å². The minimum Gasteiger partial charge on any atom is -0.497 e. The Hall–Kier alpha value is -2.67. The summed E-state index contributed by atoms with van der Waals surface area (Å²) < 4.78 is 5.27. The molecule has 0 aliphatic rings. The average molecular weight is 318 g/mol. The number of benzene rings is 1. The molecular weight excluding hydrogens is 296 g/mol. The van der Waals surface area contributed by atoms with Gasteiger partial charge in [-0.2, -0.15) is 0 Å². The van der Waals surface area contributed by atoms with Gasteiger partial charge in [0.05, 0.1) is 32.3 Å². The fourth-order valence-electron chi connectivity index (χ4n) is 2.44. The van der Waals surface area contributed by atoms with Crippen LogP contribution in [0.3, 0.4) is 0 Å². The quantitative estimate of drug-likeness (QED) is 0.582. The molecule has 2 aromatic rings. The minimum atomic E-state index is -0.401. The fourth-order valence-corrected chi connectivity index (χ4v) is 2.44. The van der Waals surface area contributed by atoms with E-state index in [9.17, 15) is 10.1 Å². The summed E-state index contributed by atoms with van der Waals surface area (Å²) in [5.41, 5.74) is 1.14. The molecule has 0 amide bonds. The number of nitro groups is 1. The Labute approximate surface area is 135 Å². The van der Waals surface area contributed by atoms with Crippen LogP contribution in [-0.2, 0) is 0 Å². The molecule has 0 aliphatic carbocycles. The van der Waals surface area contributed by atoms with Crippen molar-refractivity contribution >= 4 is 11.5 Å². The number of nitrogens with zero attached hydrogens (tertiary/aromatic N) is 1. The predicted molar refractivity (Wildman–Crippen MR) is 86.7 cm³/mol. The zero-order valence-corrected chi connectivity index (χ0v) is 13.5. The average Bonchev–Trinajstić information content (AvgIpc) is 2.55. The fraction of sp³-hybridized carbons (Fsp3) is 0.312. The van der Waals surface area contributed by atoms with Crippen molar-refractivity contribution in [3.63, 3.8) is 0 Å². The molecule has 0 unspecified atom stereocenters. The normalized spacial score (nSPS) is 12.0. The van der Waals surface area contributed by atoms with Crippen LogP contribution >= 0.6 is 0 Å². The third-order valence-corrected chi connectivity index (χ3v) is 3.71. The molecule has 7 heteroatoms. The van der Waals surface area contributed by atoms with Gasteiger partial charge in [0.2, 0.25) is 0 Å². The molecule has 0 bridgehead atoms. The number of ether oxygens (including phenoxy) is 1. The van der Waals surface area contributed by atoms with Gasteiger partial charge in [-0.3, -0.25) is 15.4 Å². The number of H-pyrrole nitrogens is 1. The van der Waals surface area contributed by atoms with Gasteiger partial charge in [-0.1, -0.05) is 12.1 Å². The number of hydrogen-bond donors (Lipinski definition) is 2. The predicted octanol–water partition coefficient (Wildman–Crippen LogP) is 0.715. The SMILES string of the molecule is COc1cccc([C@@H](CNc2[nH+]cccc2[N+](=O)[O-])[NH+](C)C)c1. The van der Waals surface area contributed by atoms with E-state index in [1.807, 2.05) is 24.3 Å². The first-order valence-corrected chi connectivity index (χ1v) is 7.36. The summed E-state index contributed by atoms with van der Waals surface area (Å²) in [5.74, 6) is 1.21. The number of likely N-dealkylation sites (N-methyl/N-ethyl adjacent to an activating group) is 1. The van der Waals surface area contributed by atoms with Crippen LogP contribution in [0.1, 0.15) is 11.6 Å². The largest absolute Gasteiger partial charge is 0.497 e. The zero-order valence-electron chi connectivity index (χ0n) is 13.5. The molecule has 0 saturated heterocycles. The Bertz CT molecular complexity index is 676. The molecule has 1 aromatic carbocycles. The first-order valence-electron chi connectivity index (χ1n) is 7.36. The maximum atomic E-state index is 11.1. The lowest BCUT2D eigenvalue weighted by Gasteiger charge is -2.20. The van der Waals surface area contributed by atoms with Crippen molar-refractivity contribution in [1.82, 2.24) is 0 Å². The van der Waals surface area contributed by atoms with Crippen LogP contribution < -0.4 is 19.9 Å². The molecular formula is C16H22N4O3+2. The van der Waals surface area contributed by atoms with Crippen LogP contribution in [0.4, 0.5) is 11.5 Å². The molecule has 122 valence electrons. The molecule has 1 heterocycles. The van der Waals surface area contributed by atoms with Crippen molar-refractivity contribution in [2.75, 3.05) is 33.1 Å². The Morgan fingerprint density at radius 3 is 2.78 bits per heavy atom. The lowest BCUT2D eigenvalue weighted by Crippen LogP contribution is -3.06. The third kappa shape index (κ3) is 4.17. The monoisotopic (exact) mass is 318 g/mol. The maximum Gasteiger partial charge on any atom is 0.357 e. The second kappa shape index (κ2) is 7.55. The second-order valence-corrected chi connectivity index (χ2v) is 5.47. The molecule has 0 aliphatic heterocycles. The lowest BCUT2D eigenvalue weighted by molar-refractivity contribution is -0.890. The molecule has 0 spiro atoms. The summed E-state index contributed by atoms with van der Waals surface area (Å²) in [6, 6.07) is 11.1. The first kappa shape index (κ1) is 16.7. The van der Waals surface area contributed by atoms with Crippen molar-refractivity contribution in [3.05, 3.63) is 58.3 Å². The summed E-state index contributed by atoms with van der Waals surface area (Å²) in [5, 5.41) is 14.2. The highest BCUT2D eigenvalue weighted by atomic mass is 16.6. The van der Waals surface area contributed by atoms with Gasteiger partial charge in [-0.15, -0.1) is 0 Å². The molecule has 2 rings (SSSR count). The van der Waals surface area contributed by atoms with Crippen LogP contribution in [0.5, 0.6) is 5.75 Å². The molecule has 7 nitrogen and oxygen atoms in total. The first-order chi connectivity index (χ1) is 11.0. The van der Waals surface area contributed by atoms with E-state index in [1.54, 1.807) is 19.4 Å². The lowest BCUT2D eigenvalue weighted by atomic mass is 10.1. The Balaban J connectivity index is 2.19. The molecule has 0 fully saturated rings. The summed E-state index contributed by atoms with van der Waals surface area (Å²) in [6.45, 7) is 0.552. The van der Waals surface area contributed by atoms with E-state index < -0.39 is 4.92 Å². The van der Waals surface area contributed by atoms with E-state index in [0.717, 1.165) is 11.3 Å². The summed E-state index contributed by atoms with van der Waals surface area (Å²) in [7, 11) is 5.74. The molecule has 1 aromatic heterocycles. The third-order valence-electron chi connectivity index (χ3n) is 3.71. The number of hydrogen-bond acceptors (Lipinski definition) is 4. The van der Waals surface area contributed by atoms with Crippen molar-refractivity contribution in [2.24, 2.45) is 0 Å². The highest BCUT2D eigenvalue weighted by molar-refractivity contribution is 5.51. The number of rotatable bonds is 7. The van der Waals surface area contributed by atoms with E-state index in [-0.39, 0.29) is 11.7 Å². The van der Waals surface area contributed by atoms with E-state index in [0.29, 0.717) is 12.4 Å². The van der Waals surface area contributed by atoms with Gasteiger partial charge < -0.3 is 9.64 Å². The number of quaternary nitrogens is 1.